The second-order valence-electron chi connectivity index (χ2n) is 4.28. The highest BCUT2D eigenvalue weighted by atomic mass is 79.9. The van der Waals surface area contributed by atoms with E-state index in [0.717, 1.165) is 6.42 Å². The van der Waals surface area contributed by atoms with Crippen LogP contribution >= 0.6 is 15.9 Å². The minimum Gasteiger partial charge on any atom is -0.371 e. The average molecular weight is 317 g/mol. The third kappa shape index (κ3) is 3.98. The predicted octanol–water partition coefficient (Wildman–Crippen LogP) is 3.30. The van der Waals surface area contributed by atoms with Gasteiger partial charge in [-0.1, -0.05) is 13.0 Å². The van der Waals surface area contributed by atoms with E-state index in [0.29, 0.717) is 10.2 Å². The van der Waals surface area contributed by atoms with Gasteiger partial charge in [0.2, 0.25) is 5.91 Å². The van der Waals surface area contributed by atoms with E-state index in [2.05, 4.69) is 26.6 Å². The molecule has 0 fully saturated rings. The molecule has 2 unspecified atom stereocenters. The van der Waals surface area contributed by atoms with Gasteiger partial charge in [-0.2, -0.15) is 0 Å². The van der Waals surface area contributed by atoms with Crippen LogP contribution in [0.1, 0.15) is 27.2 Å². The normalized spacial score (nSPS) is 13.8. The summed E-state index contributed by atoms with van der Waals surface area (Å²) in [5.41, 5.74) is 0.310. The molecule has 2 atom stereocenters. The number of hydrogen-bond donors (Lipinski definition) is 2. The second kappa shape index (κ2) is 6.73. The smallest absolute Gasteiger partial charge is 0.242 e. The summed E-state index contributed by atoms with van der Waals surface area (Å²) in [6.45, 7) is 5.64. The van der Waals surface area contributed by atoms with Gasteiger partial charge in [0.05, 0.1) is 5.69 Å². The van der Waals surface area contributed by atoms with Crippen molar-refractivity contribution >= 4 is 27.5 Å². The van der Waals surface area contributed by atoms with Gasteiger partial charge in [0.15, 0.2) is 0 Å². The minimum absolute atomic E-state index is 0.116. The molecule has 0 saturated heterocycles. The molecule has 1 rings (SSSR count). The molecule has 0 saturated carbocycles. The summed E-state index contributed by atoms with van der Waals surface area (Å²) in [6.07, 6.45) is 0.863. The molecule has 2 N–H and O–H groups in total. The molecule has 0 heterocycles. The summed E-state index contributed by atoms with van der Waals surface area (Å²) in [5.74, 6) is -0.521. The van der Waals surface area contributed by atoms with Crippen LogP contribution in [0.4, 0.5) is 10.1 Å². The van der Waals surface area contributed by atoms with Crippen molar-refractivity contribution in [2.45, 2.75) is 39.3 Å². The molecule has 5 heteroatoms. The Labute approximate surface area is 115 Å². The van der Waals surface area contributed by atoms with Crippen LogP contribution < -0.4 is 10.6 Å². The van der Waals surface area contributed by atoms with E-state index in [1.807, 2.05) is 13.8 Å². The highest BCUT2D eigenvalue weighted by Crippen LogP contribution is 2.25. The minimum atomic E-state index is -0.493. The summed E-state index contributed by atoms with van der Waals surface area (Å²) >= 11 is 3.26. The first kappa shape index (κ1) is 15.0. The zero-order valence-electron chi connectivity index (χ0n) is 10.8. The van der Waals surface area contributed by atoms with Crippen LogP contribution in [0.2, 0.25) is 0 Å². The zero-order chi connectivity index (χ0) is 13.7. The van der Waals surface area contributed by atoms with Gasteiger partial charge in [-0.25, -0.2) is 4.39 Å². The van der Waals surface area contributed by atoms with Crippen LogP contribution in [0.5, 0.6) is 0 Å². The van der Waals surface area contributed by atoms with E-state index >= 15 is 0 Å². The van der Waals surface area contributed by atoms with Gasteiger partial charge in [-0.15, -0.1) is 0 Å². The molecule has 100 valence electrons. The van der Waals surface area contributed by atoms with Crippen molar-refractivity contribution < 1.29 is 9.18 Å². The van der Waals surface area contributed by atoms with Gasteiger partial charge in [0, 0.05) is 10.5 Å². The molecule has 1 aromatic carbocycles. The fourth-order valence-electron chi connectivity index (χ4n) is 1.39. The number of halogens is 2. The van der Waals surface area contributed by atoms with Gasteiger partial charge in [0.25, 0.3) is 0 Å². The number of benzene rings is 1. The maximum atomic E-state index is 13.6. The summed E-state index contributed by atoms with van der Waals surface area (Å²) in [5, 5.41) is 5.72. The SMILES string of the molecule is CCC(C)NC(=O)C(C)Nc1c(F)cccc1Br. The number of carbonyl (C=O) groups is 1. The van der Waals surface area contributed by atoms with E-state index in [1.165, 1.54) is 6.07 Å². The van der Waals surface area contributed by atoms with Crippen LogP contribution in [0, 0.1) is 5.82 Å². The summed E-state index contributed by atoms with van der Waals surface area (Å²) in [4.78, 5) is 11.8. The Morgan fingerprint density at radius 1 is 1.44 bits per heavy atom. The molecule has 0 aliphatic heterocycles. The van der Waals surface area contributed by atoms with Gasteiger partial charge >= 0.3 is 0 Å². The van der Waals surface area contributed by atoms with Crippen molar-refractivity contribution in [1.29, 1.82) is 0 Å². The van der Waals surface area contributed by atoms with Crippen molar-refractivity contribution in [1.82, 2.24) is 5.32 Å². The highest BCUT2D eigenvalue weighted by molar-refractivity contribution is 9.10. The van der Waals surface area contributed by atoms with E-state index < -0.39 is 6.04 Å². The van der Waals surface area contributed by atoms with Gasteiger partial charge in [-0.05, 0) is 48.3 Å². The van der Waals surface area contributed by atoms with E-state index in [-0.39, 0.29) is 17.8 Å². The molecule has 1 amide bonds. The number of amides is 1. The zero-order valence-corrected chi connectivity index (χ0v) is 12.3. The lowest BCUT2D eigenvalue weighted by Crippen LogP contribution is -2.42. The monoisotopic (exact) mass is 316 g/mol. The van der Waals surface area contributed by atoms with E-state index in [4.69, 9.17) is 0 Å². The van der Waals surface area contributed by atoms with Crippen LogP contribution in [0.25, 0.3) is 0 Å². The van der Waals surface area contributed by atoms with Crippen molar-refractivity contribution in [3.8, 4) is 0 Å². The van der Waals surface area contributed by atoms with Gasteiger partial charge in [0.1, 0.15) is 11.9 Å². The summed E-state index contributed by atoms with van der Waals surface area (Å²) in [7, 11) is 0. The van der Waals surface area contributed by atoms with Gasteiger partial charge < -0.3 is 10.6 Å². The standard InChI is InChI=1S/C13H18BrFN2O/c1-4-8(2)16-13(18)9(3)17-12-10(14)6-5-7-11(12)15/h5-9,17H,4H2,1-3H3,(H,16,18). The Morgan fingerprint density at radius 2 is 2.11 bits per heavy atom. The molecule has 3 nitrogen and oxygen atoms in total. The summed E-state index contributed by atoms with van der Waals surface area (Å²) < 4.78 is 14.2. The Hall–Kier alpha value is -1.10. The van der Waals surface area contributed by atoms with Gasteiger partial charge in [-0.3, -0.25) is 4.79 Å². The maximum absolute atomic E-state index is 13.6. The fourth-order valence-corrected chi connectivity index (χ4v) is 1.84. The quantitative estimate of drug-likeness (QED) is 0.875. The first-order valence-corrected chi connectivity index (χ1v) is 6.76. The van der Waals surface area contributed by atoms with E-state index in [9.17, 15) is 9.18 Å². The Morgan fingerprint density at radius 3 is 2.67 bits per heavy atom. The van der Waals surface area contributed by atoms with Crippen molar-refractivity contribution in [2.75, 3.05) is 5.32 Å². The lowest BCUT2D eigenvalue weighted by molar-refractivity contribution is -0.122. The Kier molecular flexibility index (Phi) is 5.59. The topological polar surface area (TPSA) is 41.1 Å². The van der Waals surface area contributed by atoms with Crippen LogP contribution in [-0.2, 0) is 4.79 Å². The second-order valence-corrected chi connectivity index (χ2v) is 5.13. The third-order valence-electron chi connectivity index (χ3n) is 2.72. The molecular weight excluding hydrogens is 299 g/mol. The fraction of sp³-hybridized carbons (Fsp3) is 0.462. The van der Waals surface area contributed by atoms with Crippen molar-refractivity contribution in [2.24, 2.45) is 0 Å². The van der Waals surface area contributed by atoms with Crippen molar-refractivity contribution in [3.05, 3.63) is 28.5 Å². The number of anilines is 1. The Balaban J connectivity index is 2.70. The predicted molar refractivity (Wildman–Crippen MR) is 75.1 cm³/mol. The molecule has 0 spiro atoms. The van der Waals surface area contributed by atoms with E-state index in [1.54, 1.807) is 19.1 Å². The van der Waals surface area contributed by atoms with Crippen LogP contribution in [0.15, 0.2) is 22.7 Å². The molecule has 0 aliphatic rings. The number of carbonyl (C=O) groups excluding carboxylic acids is 1. The molecule has 0 radical (unpaired) electrons. The third-order valence-corrected chi connectivity index (χ3v) is 3.38. The Bertz CT molecular complexity index is 405. The number of rotatable bonds is 5. The van der Waals surface area contributed by atoms with Crippen LogP contribution in [0.3, 0.4) is 0 Å². The molecule has 1 aromatic rings. The number of hydrogen-bond acceptors (Lipinski definition) is 2. The van der Waals surface area contributed by atoms with Crippen LogP contribution in [-0.4, -0.2) is 18.0 Å². The first-order valence-electron chi connectivity index (χ1n) is 5.96. The average Bonchev–Trinajstić information content (AvgIpc) is 2.33. The first-order chi connectivity index (χ1) is 8.45. The lowest BCUT2D eigenvalue weighted by atomic mass is 10.2. The summed E-state index contributed by atoms with van der Waals surface area (Å²) in [6, 6.07) is 4.31. The largest absolute Gasteiger partial charge is 0.371 e. The molecule has 0 bridgehead atoms. The lowest BCUT2D eigenvalue weighted by Gasteiger charge is -2.19. The molecule has 0 aliphatic carbocycles. The molecule has 0 aromatic heterocycles. The molecule has 18 heavy (non-hydrogen) atoms. The maximum Gasteiger partial charge on any atom is 0.242 e. The molecular formula is C13H18BrFN2O. The number of nitrogens with one attached hydrogen (secondary N) is 2. The number of para-hydroxylation sites is 1. The highest BCUT2D eigenvalue weighted by Gasteiger charge is 2.17. The van der Waals surface area contributed by atoms with Crippen molar-refractivity contribution in [3.63, 3.8) is 0 Å².